The van der Waals surface area contributed by atoms with Crippen LogP contribution in [0.1, 0.15) is 46.2 Å². The molecule has 0 radical (unpaired) electrons. The normalized spacial score (nSPS) is 18.8. The van der Waals surface area contributed by atoms with Crippen molar-refractivity contribution >= 4 is 23.3 Å². The van der Waals surface area contributed by atoms with E-state index in [2.05, 4.69) is 9.84 Å². The zero-order chi connectivity index (χ0) is 22.7. The zero-order valence-electron chi connectivity index (χ0n) is 17.0. The molecule has 2 aromatic rings. The number of rotatable bonds is 6. The first kappa shape index (κ1) is 20.3. The molecule has 0 N–H and O–H groups in total. The summed E-state index contributed by atoms with van der Waals surface area (Å²) in [5.41, 5.74) is 0.910. The van der Waals surface area contributed by atoms with Crippen LogP contribution in [0.4, 0.5) is 20.3 Å². The Morgan fingerprint density at radius 1 is 1.19 bits per heavy atom. The van der Waals surface area contributed by atoms with Gasteiger partial charge in [0.25, 0.3) is 11.8 Å². The summed E-state index contributed by atoms with van der Waals surface area (Å²) in [4.78, 5) is 39.3. The Kier molecular flexibility index (Phi) is 4.60. The Hall–Kier alpha value is -3.57. The number of hydrogen-bond acceptors (Lipinski definition) is 6. The van der Waals surface area contributed by atoms with Gasteiger partial charge in [0.1, 0.15) is 5.75 Å². The molecular weight excluding hydrogens is 428 g/mol. The van der Waals surface area contributed by atoms with E-state index < -0.39 is 23.3 Å². The molecule has 2 amide bonds. The molecule has 0 bridgehead atoms. The van der Waals surface area contributed by atoms with Gasteiger partial charge in [-0.3, -0.25) is 9.59 Å². The molecule has 168 valence electrons. The molecule has 0 unspecified atom stereocenters. The van der Waals surface area contributed by atoms with Crippen molar-refractivity contribution in [1.82, 2.24) is 14.7 Å². The van der Waals surface area contributed by atoms with Crippen LogP contribution in [0.3, 0.4) is 0 Å². The number of halogens is 2. The summed E-state index contributed by atoms with van der Waals surface area (Å²) in [5, 5.41) is 14.8. The molecule has 3 heterocycles. The summed E-state index contributed by atoms with van der Waals surface area (Å²) >= 11 is 0. The number of alkyl halides is 2. The van der Waals surface area contributed by atoms with E-state index >= 15 is 0 Å². The van der Waals surface area contributed by atoms with E-state index in [1.165, 1.54) is 15.6 Å². The standard InChI is InChI=1S/C20H19F2N5O5/c1-10(11-2-3-11)25-9-12-6-13(7-15(32-20(21)22)17(12)19(25)29)24-4-5-26-14(18(24)28)8-16(23-26)27(30)31/h6-8,10-11,20H,2-5,9H2,1H3/t10-/m0/s1. The molecule has 10 nitrogen and oxygen atoms in total. The first-order valence-electron chi connectivity index (χ1n) is 10.2. The van der Waals surface area contributed by atoms with E-state index in [1.54, 1.807) is 11.0 Å². The van der Waals surface area contributed by atoms with Crippen molar-refractivity contribution in [3.8, 4) is 5.75 Å². The van der Waals surface area contributed by atoms with Gasteiger partial charge in [0, 0.05) is 30.9 Å². The molecule has 1 fully saturated rings. The van der Waals surface area contributed by atoms with Gasteiger partial charge >= 0.3 is 12.4 Å². The van der Waals surface area contributed by atoms with Gasteiger partial charge in [0.05, 0.1) is 23.3 Å². The number of carbonyl (C=O) groups excluding carboxylic acids is 2. The fraction of sp³-hybridized carbons (Fsp3) is 0.450. The molecule has 32 heavy (non-hydrogen) atoms. The van der Waals surface area contributed by atoms with Gasteiger partial charge in [-0.05, 0) is 42.2 Å². The lowest BCUT2D eigenvalue weighted by Gasteiger charge is -2.27. The van der Waals surface area contributed by atoms with Crippen LogP contribution in [-0.2, 0) is 13.1 Å². The minimum absolute atomic E-state index is 0.0238. The van der Waals surface area contributed by atoms with Crippen LogP contribution < -0.4 is 9.64 Å². The molecule has 1 atom stereocenters. The number of benzene rings is 1. The maximum Gasteiger partial charge on any atom is 0.390 e. The molecule has 1 aliphatic carbocycles. The van der Waals surface area contributed by atoms with Crippen LogP contribution in [0.25, 0.3) is 0 Å². The molecule has 5 rings (SSSR count). The third kappa shape index (κ3) is 3.26. The second-order valence-electron chi connectivity index (χ2n) is 8.19. The lowest BCUT2D eigenvalue weighted by Crippen LogP contribution is -2.40. The average molecular weight is 447 g/mol. The van der Waals surface area contributed by atoms with Crippen LogP contribution in [-0.4, -0.2) is 50.6 Å². The lowest BCUT2D eigenvalue weighted by atomic mass is 10.1. The maximum absolute atomic E-state index is 13.1. The SMILES string of the molecule is C[C@@H](C1CC1)N1Cc2cc(N3CCn4nc([N+](=O)[O-])cc4C3=O)cc(OC(F)F)c2C1=O. The molecule has 0 saturated heterocycles. The number of fused-ring (bicyclic) bond motifs is 2. The summed E-state index contributed by atoms with van der Waals surface area (Å²) in [6.07, 6.45) is 2.05. The van der Waals surface area contributed by atoms with Crippen molar-refractivity contribution in [2.45, 2.75) is 45.5 Å². The third-order valence-corrected chi connectivity index (χ3v) is 6.26. The highest BCUT2D eigenvalue weighted by molar-refractivity contribution is 6.07. The highest BCUT2D eigenvalue weighted by Gasteiger charge is 2.41. The van der Waals surface area contributed by atoms with Crippen LogP contribution in [0.15, 0.2) is 18.2 Å². The number of ether oxygens (including phenoxy) is 1. The van der Waals surface area contributed by atoms with E-state index in [-0.39, 0.29) is 54.3 Å². The summed E-state index contributed by atoms with van der Waals surface area (Å²) in [6, 6.07) is 3.95. The highest BCUT2D eigenvalue weighted by Crippen LogP contribution is 2.42. The Morgan fingerprint density at radius 2 is 1.94 bits per heavy atom. The van der Waals surface area contributed by atoms with Crippen LogP contribution in [0, 0.1) is 16.0 Å². The second kappa shape index (κ2) is 7.24. The fourth-order valence-electron chi connectivity index (χ4n) is 4.45. The minimum atomic E-state index is -3.14. The predicted molar refractivity (Wildman–Crippen MR) is 106 cm³/mol. The summed E-state index contributed by atoms with van der Waals surface area (Å²) in [7, 11) is 0. The van der Waals surface area contributed by atoms with E-state index in [9.17, 15) is 28.5 Å². The molecule has 1 aromatic carbocycles. The molecule has 0 spiro atoms. The quantitative estimate of drug-likeness (QED) is 0.497. The van der Waals surface area contributed by atoms with Gasteiger partial charge in [0.2, 0.25) is 0 Å². The Balaban J connectivity index is 1.52. The Bertz CT molecular complexity index is 1150. The van der Waals surface area contributed by atoms with E-state index in [4.69, 9.17) is 0 Å². The summed E-state index contributed by atoms with van der Waals surface area (Å²) in [5.74, 6) is -1.23. The molecular formula is C20H19F2N5O5. The van der Waals surface area contributed by atoms with Gasteiger partial charge in [-0.15, -0.1) is 0 Å². The van der Waals surface area contributed by atoms with Gasteiger partial charge in [-0.25, -0.2) is 0 Å². The number of carbonyl (C=O) groups is 2. The van der Waals surface area contributed by atoms with Gasteiger partial charge in [0.15, 0.2) is 5.69 Å². The van der Waals surface area contributed by atoms with Gasteiger partial charge < -0.3 is 24.7 Å². The molecule has 1 aromatic heterocycles. The highest BCUT2D eigenvalue weighted by atomic mass is 19.3. The lowest BCUT2D eigenvalue weighted by molar-refractivity contribution is -0.389. The number of amides is 2. The monoisotopic (exact) mass is 447 g/mol. The van der Waals surface area contributed by atoms with E-state index in [0.717, 1.165) is 18.9 Å². The molecule has 1 saturated carbocycles. The number of aromatic nitrogens is 2. The predicted octanol–water partition coefficient (Wildman–Crippen LogP) is 2.81. The van der Waals surface area contributed by atoms with Crippen molar-refractivity contribution < 1.29 is 28.0 Å². The topological polar surface area (TPSA) is 111 Å². The fourth-order valence-corrected chi connectivity index (χ4v) is 4.45. The average Bonchev–Trinajstić information content (AvgIpc) is 3.39. The van der Waals surface area contributed by atoms with Crippen LogP contribution >= 0.6 is 0 Å². The first-order valence-corrected chi connectivity index (χ1v) is 10.2. The van der Waals surface area contributed by atoms with Crippen molar-refractivity contribution in [2.24, 2.45) is 5.92 Å². The first-order chi connectivity index (χ1) is 15.2. The smallest absolute Gasteiger partial charge is 0.390 e. The van der Waals surface area contributed by atoms with Crippen LogP contribution in [0.2, 0.25) is 0 Å². The number of nitro groups is 1. The van der Waals surface area contributed by atoms with Crippen molar-refractivity contribution in [3.63, 3.8) is 0 Å². The van der Waals surface area contributed by atoms with E-state index in [1.807, 2.05) is 6.92 Å². The van der Waals surface area contributed by atoms with Crippen LogP contribution in [0.5, 0.6) is 5.75 Å². The number of hydrogen-bond donors (Lipinski definition) is 0. The zero-order valence-corrected chi connectivity index (χ0v) is 17.0. The summed E-state index contributed by atoms with van der Waals surface area (Å²) < 4.78 is 32.2. The van der Waals surface area contributed by atoms with Crippen molar-refractivity contribution in [3.05, 3.63) is 45.1 Å². The second-order valence-corrected chi connectivity index (χ2v) is 8.19. The van der Waals surface area contributed by atoms with E-state index in [0.29, 0.717) is 11.5 Å². The van der Waals surface area contributed by atoms with Gasteiger partial charge in [-0.2, -0.15) is 13.5 Å². The van der Waals surface area contributed by atoms with Crippen molar-refractivity contribution in [2.75, 3.05) is 11.4 Å². The molecule has 12 heteroatoms. The Labute approximate surface area is 180 Å². The van der Waals surface area contributed by atoms with Crippen molar-refractivity contribution in [1.29, 1.82) is 0 Å². The number of anilines is 1. The molecule has 3 aliphatic rings. The largest absolute Gasteiger partial charge is 0.434 e. The minimum Gasteiger partial charge on any atom is -0.434 e. The van der Waals surface area contributed by atoms with Gasteiger partial charge in [-0.1, -0.05) is 0 Å². The Morgan fingerprint density at radius 3 is 2.59 bits per heavy atom. The number of nitrogens with zero attached hydrogens (tertiary/aromatic N) is 5. The third-order valence-electron chi connectivity index (χ3n) is 6.26. The summed E-state index contributed by atoms with van der Waals surface area (Å²) in [6.45, 7) is -0.629. The maximum atomic E-state index is 13.1. The molecule has 2 aliphatic heterocycles.